The van der Waals surface area contributed by atoms with Crippen molar-refractivity contribution in [1.29, 1.82) is 10.5 Å². The first-order valence-electron chi connectivity index (χ1n) is 6.32. The zero-order chi connectivity index (χ0) is 14.7. The van der Waals surface area contributed by atoms with Crippen LogP contribution in [0.1, 0.15) is 16.7 Å². The number of allylic oxidation sites excluding steroid dienone is 1. The highest BCUT2D eigenvalue weighted by Gasteiger charge is 2.12. The summed E-state index contributed by atoms with van der Waals surface area (Å²) in [5, 5.41) is 18.1. The van der Waals surface area contributed by atoms with Crippen molar-refractivity contribution in [3.63, 3.8) is 0 Å². The minimum atomic E-state index is 0.225. The molecule has 4 heteroatoms. The van der Waals surface area contributed by atoms with Crippen LogP contribution >= 0.6 is 0 Å². The molecule has 0 saturated carbocycles. The highest BCUT2D eigenvalue weighted by atomic mass is 16.7. The largest absolute Gasteiger partial charge is 0.454 e. The van der Waals surface area contributed by atoms with Gasteiger partial charge in [-0.3, -0.25) is 0 Å². The average molecular weight is 274 g/mol. The quantitative estimate of drug-likeness (QED) is 0.622. The fourth-order valence-corrected chi connectivity index (χ4v) is 2.07. The van der Waals surface area contributed by atoms with Gasteiger partial charge in [-0.25, -0.2) is 0 Å². The second-order valence-electron chi connectivity index (χ2n) is 4.47. The minimum Gasteiger partial charge on any atom is -0.454 e. The molecule has 0 radical (unpaired) electrons. The molecule has 100 valence electrons. The van der Waals surface area contributed by atoms with E-state index >= 15 is 0 Å². The highest BCUT2D eigenvalue weighted by molar-refractivity contribution is 5.90. The summed E-state index contributed by atoms with van der Waals surface area (Å²) in [5.74, 6) is 1.39. The maximum absolute atomic E-state index is 9.32. The van der Waals surface area contributed by atoms with Gasteiger partial charge in [-0.15, -0.1) is 0 Å². The lowest BCUT2D eigenvalue weighted by Crippen LogP contribution is -1.92. The Morgan fingerprint density at radius 2 is 1.76 bits per heavy atom. The van der Waals surface area contributed by atoms with E-state index in [-0.39, 0.29) is 6.79 Å². The van der Waals surface area contributed by atoms with Crippen LogP contribution in [0.4, 0.5) is 0 Å². The third-order valence-electron chi connectivity index (χ3n) is 3.15. The monoisotopic (exact) mass is 274 g/mol. The van der Waals surface area contributed by atoms with E-state index in [1.165, 1.54) is 0 Å². The van der Waals surface area contributed by atoms with Crippen molar-refractivity contribution in [3.05, 3.63) is 59.2 Å². The fourth-order valence-electron chi connectivity index (χ4n) is 2.07. The first-order chi connectivity index (χ1) is 10.3. The number of benzene rings is 2. The molecular formula is C17H10N2O2. The maximum Gasteiger partial charge on any atom is 0.231 e. The van der Waals surface area contributed by atoms with Gasteiger partial charge < -0.3 is 9.47 Å². The molecule has 1 aliphatic heterocycles. The molecular weight excluding hydrogens is 264 g/mol. The normalized spacial score (nSPS) is 12.6. The Hall–Kier alpha value is -3.24. The lowest BCUT2D eigenvalue weighted by atomic mass is 10.0. The van der Waals surface area contributed by atoms with Gasteiger partial charge in [-0.2, -0.15) is 10.5 Å². The Labute approximate surface area is 122 Å². The van der Waals surface area contributed by atoms with Crippen LogP contribution in [0.25, 0.3) is 11.6 Å². The number of hydrogen-bond donors (Lipinski definition) is 0. The number of fused-ring (bicyclic) bond motifs is 1. The van der Waals surface area contributed by atoms with Gasteiger partial charge in [0.15, 0.2) is 11.5 Å². The minimum absolute atomic E-state index is 0.225. The van der Waals surface area contributed by atoms with E-state index in [1.807, 2.05) is 18.2 Å². The second kappa shape index (κ2) is 5.40. The molecule has 0 amide bonds. The molecule has 21 heavy (non-hydrogen) atoms. The Bertz CT molecular complexity index is 793. The molecule has 0 bridgehead atoms. The zero-order valence-electron chi connectivity index (χ0n) is 11.0. The van der Waals surface area contributed by atoms with E-state index in [4.69, 9.17) is 14.7 Å². The zero-order valence-corrected chi connectivity index (χ0v) is 11.0. The molecule has 0 aliphatic carbocycles. The summed E-state index contributed by atoms with van der Waals surface area (Å²) in [4.78, 5) is 0. The van der Waals surface area contributed by atoms with Crippen molar-refractivity contribution in [1.82, 2.24) is 0 Å². The SMILES string of the molecule is N#CC(=Cc1ccc2c(c1)OCO2)c1ccc(C#N)cc1. The molecule has 0 atom stereocenters. The topological polar surface area (TPSA) is 66.0 Å². The van der Waals surface area contributed by atoms with Gasteiger partial charge in [0.25, 0.3) is 0 Å². The second-order valence-corrected chi connectivity index (χ2v) is 4.47. The predicted molar refractivity (Wildman–Crippen MR) is 77.2 cm³/mol. The molecule has 1 aliphatic rings. The molecule has 4 nitrogen and oxygen atoms in total. The molecule has 0 spiro atoms. The van der Waals surface area contributed by atoms with Crippen molar-refractivity contribution >= 4 is 11.6 Å². The van der Waals surface area contributed by atoms with Crippen LogP contribution in [0.2, 0.25) is 0 Å². The Morgan fingerprint density at radius 1 is 1.00 bits per heavy atom. The summed E-state index contributed by atoms with van der Waals surface area (Å²) in [5.41, 5.74) is 2.73. The van der Waals surface area contributed by atoms with Crippen LogP contribution in [0, 0.1) is 22.7 Å². The van der Waals surface area contributed by atoms with Crippen LogP contribution < -0.4 is 9.47 Å². The molecule has 2 aromatic rings. The highest BCUT2D eigenvalue weighted by Crippen LogP contribution is 2.33. The maximum atomic E-state index is 9.32. The van der Waals surface area contributed by atoms with Gasteiger partial charge >= 0.3 is 0 Å². The predicted octanol–water partition coefficient (Wildman–Crippen LogP) is 3.35. The van der Waals surface area contributed by atoms with Crippen LogP contribution in [0.3, 0.4) is 0 Å². The van der Waals surface area contributed by atoms with E-state index in [1.54, 1.807) is 30.3 Å². The molecule has 2 aromatic carbocycles. The van der Waals surface area contributed by atoms with Crippen LogP contribution in [-0.4, -0.2) is 6.79 Å². The number of nitriles is 2. The third-order valence-corrected chi connectivity index (χ3v) is 3.15. The van der Waals surface area contributed by atoms with Crippen LogP contribution in [0.5, 0.6) is 11.5 Å². The third kappa shape index (κ3) is 2.56. The van der Waals surface area contributed by atoms with Crippen molar-refractivity contribution in [2.45, 2.75) is 0 Å². The molecule has 0 unspecified atom stereocenters. The lowest BCUT2D eigenvalue weighted by Gasteiger charge is -2.01. The van der Waals surface area contributed by atoms with E-state index in [0.29, 0.717) is 22.6 Å². The van der Waals surface area contributed by atoms with Crippen molar-refractivity contribution in [3.8, 4) is 23.6 Å². The number of hydrogen-bond acceptors (Lipinski definition) is 4. The summed E-state index contributed by atoms with van der Waals surface area (Å²) >= 11 is 0. The smallest absolute Gasteiger partial charge is 0.231 e. The van der Waals surface area contributed by atoms with Crippen molar-refractivity contribution < 1.29 is 9.47 Å². The Balaban J connectivity index is 1.95. The lowest BCUT2D eigenvalue weighted by molar-refractivity contribution is 0.174. The van der Waals surface area contributed by atoms with Gasteiger partial charge in [-0.05, 0) is 41.5 Å². The van der Waals surface area contributed by atoms with Gasteiger partial charge in [-0.1, -0.05) is 18.2 Å². The molecule has 0 fully saturated rings. The van der Waals surface area contributed by atoms with E-state index in [9.17, 15) is 5.26 Å². The summed E-state index contributed by atoms with van der Waals surface area (Å²) in [6, 6.07) is 16.7. The fraction of sp³-hybridized carbons (Fsp3) is 0.0588. The van der Waals surface area contributed by atoms with E-state index < -0.39 is 0 Å². The molecule has 0 aromatic heterocycles. The Kier molecular flexibility index (Phi) is 3.29. The van der Waals surface area contributed by atoms with Gasteiger partial charge in [0.1, 0.15) is 0 Å². The first-order valence-corrected chi connectivity index (χ1v) is 6.32. The number of rotatable bonds is 2. The summed E-state index contributed by atoms with van der Waals surface area (Å²) in [7, 11) is 0. The molecule has 0 N–H and O–H groups in total. The standard InChI is InChI=1S/C17H10N2O2/c18-9-12-1-4-14(5-2-12)15(10-19)7-13-3-6-16-17(8-13)21-11-20-16/h1-8H,11H2. The summed E-state index contributed by atoms with van der Waals surface area (Å²) < 4.78 is 10.6. The molecule has 1 heterocycles. The first kappa shape index (κ1) is 12.8. The number of ether oxygens (including phenoxy) is 2. The number of nitrogens with zero attached hydrogens (tertiary/aromatic N) is 2. The van der Waals surface area contributed by atoms with Crippen molar-refractivity contribution in [2.75, 3.05) is 6.79 Å². The average Bonchev–Trinajstić information content (AvgIpc) is 3.00. The van der Waals surface area contributed by atoms with E-state index in [2.05, 4.69) is 12.1 Å². The van der Waals surface area contributed by atoms with Crippen LogP contribution in [0.15, 0.2) is 42.5 Å². The van der Waals surface area contributed by atoms with Gasteiger partial charge in [0.2, 0.25) is 6.79 Å². The van der Waals surface area contributed by atoms with Gasteiger partial charge in [0.05, 0.1) is 23.3 Å². The molecule has 3 rings (SSSR count). The van der Waals surface area contributed by atoms with Crippen LogP contribution in [-0.2, 0) is 0 Å². The Morgan fingerprint density at radius 3 is 2.48 bits per heavy atom. The van der Waals surface area contributed by atoms with Crippen molar-refractivity contribution in [2.24, 2.45) is 0 Å². The van der Waals surface area contributed by atoms with E-state index in [0.717, 1.165) is 11.1 Å². The molecule has 0 saturated heterocycles. The summed E-state index contributed by atoms with van der Waals surface area (Å²) in [6.07, 6.45) is 1.78. The van der Waals surface area contributed by atoms with Gasteiger partial charge in [0, 0.05) is 0 Å². The summed E-state index contributed by atoms with van der Waals surface area (Å²) in [6.45, 7) is 0.225.